The normalized spacial score (nSPS) is 16.5. The first-order chi connectivity index (χ1) is 11.2. The van der Waals surface area contributed by atoms with E-state index in [-0.39, 0.29) is 5.91 Å². The standard InChI is InChI=1S/C19H29N3O/c1-5-16-10-14-22(15-18(16)7-3)13-8-11-21-19(23)17(6-2)9-12-20-4/h5-7,9,12,20H,1,3,8,10-11,13-15H2,2,4H3,(H,21,23)/b12-9-,17-6+. The monoisotopic (exact) mass is 315 g/mol. The third-order valence-electron chi connectivity index (χ3n) is 3.94. The summed E-state index contributed by atoms with van der Waals surface area (Å²) in [6.07, 6.45) is 11.2. The summed E-state index contributed by atoms with van der Waals surface area (Å²) in [4.78, 5) is 14.4. The lowest BCUT2D eigenvalue weighted by molar-refractivity contribution is -0.117. The summed E-state index contributed by atoms with van der Waals surface area (Å²) in [5.41, 5.74) is 3.24. The Morgan fingerprint density at radius 3 is 2.65 bits per heavy atom. The molecule has 0 radical (unpaired) electrons. The molecule has 0 aromatic heterocycles. The molecule has 0 aromatic rings. The second-order valence-electron chi connectivity index (χ2n) is 5.46. The summed E-state index contributed by atoms with van der Waals surface area (Å²) < 4.78 is 0. The number of allylic oxidation sites excluding steroid dienone is 2. The van der Waals surface area contributed by atoms with Crippen molar-refractivity contribution in [1.29, 1.82) is 0 Å². The van der Waals surface area contributed by atoms with Gasteiger partial charge in [0.1, 0.15) is 0 Å². The molecule has 2 N–H and O–H groups in total. The summed E-state index contributed by atoms with van der Waals surface area (Å²) >= 11 is 0. The van der Waals surface area contributed by atoms with E-state index in [2.05, 4.69) is 28.7 Å². The SMILES string of the molecule is C=CC1=C(C=C)CN(CCCNC(=O)C(/C=C\NC)=C/C)CC1. The Morgan fingerprint density at radius 2 is 2.04 bits per heavy atom. The third-order valence-corrected chi connectivity index (χ3v) is 3.94. The van der Waals surface area contributed by atoms with Gasteiger partial charge in [0.15, 0.2) is 0 Å². The van der Waals surface area contributed by atoms with Gasteiger partial charge in [0.05, 0.1) is 0 Å². The maximum Gasteiger partial charge on any atom is 0.250 e. The van der Waals surface area contributed by atoms with Gasteiger partial charge in [-0.15, -0.1) is 0 Å². The number of amides is 1. The van der Waals surface area contributed by atoms with Crippen LogP contribution in [0.3, 0.4) is 0 Å². The molecular formula is C19H29N3O. The number of nitrogens with one attached hydrogen (secondary N) is 2. The molecule has 1 amide bonds. The van der Waals surface area contributed by atoms with Crippen molar-refractivity contribution in [3.63, 3.8) is 0 Å². The van der Waals surface area contributed by atoms with Crippen molar-refractivity contribution in [3.05, 3.63) is 60.4 Å². The van der Waals surface area contributed by atoms with Gasteiger partial charge in [-0.1, -0.05) is 31.4 Å². The third kappa shape index (κ3) is 6.28. The molecule has 4 heteroatoms. The summed E-state index contributed by atoms with van der Waals surface area (Å²) in [6, 6.07) is 0. The van der Waals surface area contributed by atoms with Gasteiger partial charge in [0.25, 0.3) is 5.91 Å². The largest absolute Gasteiger partial charge is 0.394 e. The molecular weight excluding hydrogens is 286 g/mol. The molecule has 0 unspecified atom stereocenters. The fraction of sp³-hybridized carbons (Fsp3) is 0.421. The van der Waals surface area contributed by atoms with Gasteiger partial charge in [0.2, 0.25) is 0 Å². The van der Waals surface area contributed by atoms with Gasteiger partial charge in [-0.3, -0.25) is 9.69 Å². The highest BCUT2D eigenvalue weighted by Gasteiger charge is 2.15. The number of nitrogens with zero attached hydrogens (tertiary/aromatic N) is 1. The number of rotatable bonds is 9. The summed E-state index contributed by atoms with van der Waals surface area (Å²) in [5.74, 6) is -0.0294. The van der Waals surface area contributed by atoms with Crippen molar-refractivity contribution in [1.82, 2.24) is 15.5 Å². The van der Waals surface area contributed by atoms with Crippen LogP contribution < -0.4 is 10.6 Å². The molecule has 1 heterocycles. The summed E-state index contributed by atoms with van der Waals surface area (Å²) in [7, 11) is 1.81. The maximum absolute atomic E-state index is 12.0. The minimum atomic E-state index is -0.0294. The van der Waals surface area contributed by atoms with E-state index in [1.807, 2.05) is 32.2 Å². The van der Waals surface area contributed by atoms with Crippen LogP contribution in [0, 0.1) is 0 Å². The fourth-order valence-corrected chi connectivity index (χ4v) is 2.56. The lowest BCUT2D eigenvalue weighted by Crippen LogP contribution is -2.34. The molecule has 0 saturated heterocycles. The van der Waals surface area contributed by atoms with Crippen LogP contribution in [0.5, 0.6) is 0 Å². The van der Waals surface area contributed by atoms with E-state index in [4.69, 9.17) is 0 Å². The maximum atomic E-state index is 12.0. The number of hydrogen-bond donors (Lipinski definition) is 2. The molecule has 1 rings (SSSR count). The minimum Gasteiger partial charge on any atom is -0.394 e. The first-order valence-corrected chi connectivity index (χ1v) is 8.13. The number of carbonyl (C=O) groups is 1. The molecule has 126 valence electrons. The van der Waals surface area contributed by atoms with Gasteiger partial charge in [-0.05, 0) is 43.2 Å². The van der Waals surface area contributed by atoms with Crippen molar-refractivity contribution in [3.8, 4) is 0 Å². The molecule has 1 aliphatic rings. The van der Waals surface area contributed by atoms with Gasteiger partial charge < -0.3 is 10.6 Å². The highest BCUT2D eigenvalue weighted by Crippen LogP contribution is 2.19. The molecule has 0 saturated carbocycles. The quantitative estimate of drug-likeness (QED) is 0.390. The lowest BCUT2D eigenvalue weighted by Gasteiger charge is -2.28. The van der Waals surface area contributed by atoms with E-state index in [1.165, 1.54) is 11.1 Å². The molecule has 1 aliphatic heterocycles. The number of carbonyl (C=O) groups excluding carboxylic acids is 1. The zero-order chi connectivity index (χ0) is 17.1. The van der Waals surface area contributed by atoms with E-state index in [0.29, 0.717) is 12.1 Å². The molecule has 4 nitrogen and oxygen atoms in total. The van der Waals surface area contributed by atoms with E-state index in [0.717, 1.165) is 32.5 Å². The van der Waals surface area contributed by atoms with Crippen LogP contribution in [0.2, 0.25) is 0 Å². The lowest BCUT2D eigenvalue weighted by atomic mass is 10.00. The van der Waals surface area contributed by atoms with Gasteiger partial charge in [0, 0.05) is 38.8 Å². The average molecular weight is 315 g/mol. The van der Waals surface area contributed by atoms with Crippen LogP contribution in [-0.4, -0.2) is 44.0 Å². The molecule has 0 atom stereocenters. The van der Waals surface area contributed by atoms with Crippen molar-refractivity contribution < 1.29 is 4.79 Å². The van der Waals surface area contributed by atoms with E-state index in [9.17, 15) is 4.79 Å². The van der Waals surface area contributed by atoms with E-state index in [1.54, 1.807) is 12.3 Å². The van der Waals surface area contributed by atoms with Crippen LogP contribution in [0.15, 0.2) is 60.4 Å². The van der Waals surface area contributed by atoms with Crippen LogP contribution in [-0.2, 0) is 4.79 Å². The Labute approximate surface area is 140 Å². The van der Waals surface area contributed by atoms with Gasteiger partial charge in [-0.2, -0.15) is 0 Å². The van der Waals surface area contributed by atoms with Crippen LogP contribution in [0.4, 0.5) is 0 Å². The van der Waals surface area contributed by atoms with Crippen molar-refractivity contribution >= 4 is 5.91 Å². The zero-order valence-corrected chi connectivity index (χ0v) is 14.4. The topological polar surface area (TPSA) is 44.4 Å². The van der Waals surface area contributed by atoms with Gasteiger partial charge >= 0.3 is 0 Å². The second-order valence-corrected chi connectivity index (χ2v) is 5.46. The predicted octanol–water partition coefficient (Wildman–Crippen LogP) is 2.55. The molecule has 0 fully saturated rings. The summed E-state index contributed by atoms with van der Waals surface area (Å²) in [5, 5.41) is 5.85. The first-order valence-electron chi connectivity index (χ1n) is 8.13. The Morgan fingerprint density at radius 1 is 1.30 bits per heavy atom. The molecule has 0 spiro atoms. The number of hydrogen-bond acceptors (Lipinski definition) is 3. The second kappa shape index (κ2) is 10.6. The molecule has 0 aliphatic carbocycles. The Hall–Kier alpha value is -2.07. The van der Waals surface area contributed by atoms with Crippen LogP contribution in [0.25, 0.3) is 0 Å². The molecule has 0 aromatic carbocycles. The first kappa shape index (κ1) is 19.0. The Kier molecular flexibility index (Phi) is 8.76. The molecule has 0 bridgehead atoms. The Balaban J connectivity index is 2.34. The fourth-order valence-electron chi connectivity index (χ4n) is 2.56. The van der Waals surface area contributed by atoms with Crippen LogP contribution >= 0.6 is 0 Å². The van der Waals surface area contributed by atoms with Crippen molar-refractivity contribution in [2.24, 2.45) is 0 Å². The highest BCUT2D eigenvalue weighted by molar-refractivity contribution is 5.95. The van der Waals surface area contributed by atoms with Gasteiger partial charge in [-0.25, -0.2) is 0 Å². The van der Waals surface area contributed by atoms with Crippen molar-refractivity contribution in [2.45, 2.75) is 19.8 Å². The van der Waals surface area contributed by atoms with Crippen LogP contribution in [0.1, 0.15) is 19.8 Å². The summed E-state index contributed by atoms with van der Waals surface area (Å²) in [6.45, 7) is 13.2. The average Bonchev–Trinajstić information content (AvgIpc) is 2.59. The zero-order valence-electron chi connectivity index (χ0n) is 14.4. The minimum absolute atomic E-state index is 0.0294. The smallest absolute Gasteiger partial charge is 0.250 e. The van der Waals surface area contributed by atoms with E-state index < -0.39 is 0 Å². The van der Waals surface area contributed by atoms with E-state index >= 15 is 0 Å². The Bertz CT molecular complexity index is 515. The molecule has 23 heavy (non-hydrogen) atoms. The highest BCUT2D eigenvalue weighted by atomic mass is 16.1. The van der Waals surface area contributed by atoms with Crippen molar-refractivity contribution in [2.75, 3.05) is 33.2 Å². The predicted molar refractivity (Wildman–Crippen MR) is 98.1 cm³/mol.